The zero-order valence-corrected chi connectivity index (χ0v) is 16.6. The smallest absolute Gasteiger partial charge is 0.240 e. The monoisotopic (exact) mass is 399 g/mol. The summed E-state index contributed by atoms with van der Waals surface area (Å²) in [6, 6.07) is 14.5. The van der Waals surface area contributed by atoms with Gasteiger partial charge < -0.3 is 9.80 Å². The molecule has 2 heterocycles. The molecule has 2 saturated heterocycles. The molecule has 2 fully saturated rings. The minimum Gasteiger partial charge on any atom is -0.371 e. The number of amides is 1. The van der Waals surface area contributed by atoms with Gasteiger partial charge in [0.15, 0.2) is 0 Å². The summed E-state index contributed by atoms with van der Waals surface area (Å²) in [6.07, 6.45) is 3.74. The highest BCUT2D eigenvalue weighted by atomic mass is 32.2. The highest BCUT2D eigenvalue weighted by Gasteiger charge is 2.23. The Balaban J connectivity index is 1.47. The number of rotatable bonds is 6. The molecule has 28 heavy (non-hydrogen) atoms. The third-order valence-electron chi connectivity index (χ3n) is 5.42. The number of sulfonamides is 1. The molecule has 2 aliphatic rings. The van der Waals surface area contributed by atoms with E-state index in [1.807, 2.05) is 18.2 Å². The summed E-state index contributed by atoms with van der Waals surface area (Å²) in [5.74, 6) is 0.0900. The zero-order chi connectivity index (χ0) is 19.6. The fraction of sp³-hybridized carbons (Fsp3) is 0.381. The number of hydrogen-bond acceptors (Lipinski definition) is 4. The Labute approximate surface area is 166 Å². The highest BCUT2D eigenvalue weighted by molar-refractivity contribution is 7.89. The first-order chi connectivity index (χ1) is 13.5. The van der Waals surface area contributed by atoms with Crippen molar-refractivity contribution in [3.05, 3.63) is 54.1 Å². The van der Waals surface area contributed by atoms with Crippen LogP contribution in [0.15, 0.2) is 53.4 Å². The SMILES string of the molecule is O=C1CCCN1c1ccc(S(=O)(=O)NCc2ccccc2N2CCCC2)cc1. The first-order valence-corrected chi connectivity index (χ1v) is 11.3. The lowest BCUT2D eigenvalue weighted by molar-refractivity contribution is -0.117. The van der Waals surface area contributed by atoms with E-state index in [4.69, 9.17) is 0 Å². The first kappa shape index (κ1) is 19.0. The summed E-state index contributed by atoms with van der Waals surface area (Å²) in [5, 5.41) is 0. The second kappa shape index (κ2) is 7.93. The van der Waals surface area contributed by atoms with Crippen molar-refractivity contribution >= 4 is 27.3 Å². The van der Waals surface area contributed by atoms with Gasteiger partial charge in [-0.25, -0.2) is 13.1 Å². The Hall–Kier alpha value is -2.38. The largest absolute Gasteiger partial charge is 0.371 e. The van der Waals surface area contributed by atoms with E-state index >= 15 is 0 Å². The third kappa shape index (κ3) is 3.91. The highest BCUT2D eigenvalue weighted by Crippen LogP contribution is 2.26. The van der Waals surface area contributed by atoms with E-state index in [2.05, 4.69) is 15.7 Å². The van der Waals surface area contributed by atoms with E-state index in [9.17, 15) is 13.2 Å². The molecule has 0 spiro atoms. The minimum atomic E-state index is -3.62. The van der Waals surface area contributed by atoms with Gasteiger partial charge in [0.1, 0.15) is 0 Å². The predicted molar refractivity (Wildman–Crippen MR) is 110 cm³/mol. The Kier molecular flexibility index (Phi) is 5.37. The Morgan fingerprint density at radius 2 is 1.61 bits per heavy atom. The van der Waals surface area contributed by atoms with Gasteiger partial charge in [-0.15, -0.1) is 0 Å². The van der Waals surface area contributed by atoms with Crippen LogP contribution in [0.4, 0.5) is 11.4 Å². The predicted octanol–water partition coefficient (Wildman–Crippen LogP) is 2.89. The minimum absolute atomic E-state index is 0.0900. The van der Waals surface area contributed by atoms with Crippen LogP contribution in [0.2, 0.25) is 0 Å². The van der Waals surface area contributed by atoms with Crippen molar-refractivity contribution < 1.29 is 13.2 Å². The molecule has 0 atom stereocenters. The molecule has 148 valence electrons. The lowest BCUT2D eigenvalue weighted by atomic mass is 10.1. The van der Waals surface area contributed by atoms with Crippen molar-refractivity contribution in [1.82, 2.24) is 4.72 Å². The van der Waals surface area contributed by atoms with Gasteiger partial charge in [0.2, 0.25) is 15.9 Å². The molecular weight excluding hydrogens is 374 g/mol. The van der Waals surface area contributed by atoms with Gasteiger partial charge in [0, 0.05) is 44.0 Å². The van der Waals surface area contributed by atoms with Crippen LogP contribution in [0.25, 0.3) is 0 Å². The molecule has 0 aliphatic carbocycles. The Morgan fingerprint density at radius 1 is 0.893 bits per heavy atom. The van der Waals surface area contributed by atoms with E-state index in [-0.39, 0.29) is 17.3 Å². The van der Waals surface area contributed by atoms with Gasteiger partial charge >= 0.3 is 0 Å². The summed E-state index contributed by atoms with van der Waals surface area (Å²) in [7, 11) is -3.62. The molecule has 0 aromatic heterocycles. The number of nitrogens with one attached hydrogen (secondary N) is 1. The number of carbonyl (C=O) groups is 1. The van der Waals surface area contributed by atoms with Gasteiger partial charge in [-0.2, -0.15) is 0 Å². The number of nitrogens with zero attached hydrogens (tertiary/aromatic N) is 2. The fourth-order valence-corrected chi connectivity index (χ4v) is 4.92. The van der Waals surface area contributed by atoms with Crippen LogP contribution in [-0.4, -0.2) is 34.0 Å². The molecule has 0 saturated carbocycles. The van der Waals surface area contributed by atoms with E-state index in [1.165, 1.54) is 12.8 Å². The van der Waals surface area contributed by atoms with Crippen LogP contribution < -0.4 is 14.5 Å². The summed E-state index contributed by atoms with van der Waals surface area (Å²) in [5.41, 5.74) is 2.83. The molecule has 2 aromatic carbocycles. The van der Waals surface area contributed by atoms with Crippen LogP contribution >= 0.6 is 0 Å². The van der Waals surface area contributed by atoms with Crippen LogP contribution in [0.5, 0.6) is 0 Å². The van der Waals surface area contributed by atoms with E-state index in [1.54, 1.807) is 29.2 Å². The fourth-order valence-electron chi connectivity index (χ4n) is 3.91. The van der Waals surface area contributed by atoms with Gasteiger partial charge in [0.05, 0.1) is 4.90 Å². The number of anilines is 2. The molecule has 0 bridgehead atoms. The van der Waals surface area contributed by atoms with Crippen molar-refractivity contribution in [2.75, 3.05) is 29.4 Å². The molecule has 0 radical (unpaired) electrons. The topological polar surface area (TPSA) is 69.7 Å². The molecule has 1 N–H and O–H groups in total. The van der Waals surface area contributed by atoms with Gasteiger partial charge in [-0.05, 0) is 55.2 Å². The molecule has 1 amide bonds. The van der Waals surface area contributed by atoms with Gasteiger partial charge in [-0.1, -0.05) is 18.2 Å². The van der Waals surface area contributed by atoms with Crippen LogP contribution in [0.3, 0.4) is 0 Å². The zero-order valence-electron chi connectivity index (χ0n) is 15.8. The number of carbonyl (C=O) groups excluding carboxylic acids is 1. The summed E-state index contributed by atoms with van der Waals surface area (Å²) < 4.78 is 28.2. The maximum atomic E-state index is 12.7. The average molecular weight is 400 g/mol. The molecule has 7 heteroatoms. The molecule has 6 nitrogen and oxygen atoms in total. The number of benzene rings is 2. The summed E-state index contributed by atoms with van der Waals surface area (Å²) in [4.78, 5) is 16.1. The first-order valence-electron chi connectivity index (χ1n) is 9.77. The molecule has 0 unspecified atom stereocenters. The second-order valence-electron chi connectivity index (χ2n) is 7.29. The van der Waals surface area contributed by atoms with Crippen molar-refractivity contribution in [2.45, 2.75) is 37.1 Å². The maximum Gasteiger partial charge on any atom is 0.240 e. The number of para-hydroxylation sites is 1. The molecule has 2 aliphatic heterocycles. The lowest BCUT2D eigenvalue weighted by Crippen LogP contribution is -2.26. The van der Waals surface area contributed by atoms with Crippen LogP contribution in [-0.2, 0) is 21.4 Å². The summed E-state index contributed by atoms with van der Waals surface area (Å²) >= 11 is 0. The maximum absolute atomic E-state index is 12.7. The van der Waals surface area contributed by atoms with E-state index in [0.717, 1.165) is 36.4 Å². The molecule has 4 rings (SSSR count). The third-order valence-corrected chi connectivity index (χ3v) is 6.84. The van der Waals surface area contributed by atoms with Crippen molar-refractivity contribution in [3.63, 3.8) is 0 Å². The Bertz CT molecular complexity index is 951. The van der Waals surface area contributed by atoms with Crippen LogP contribution in [0.1, 0.15) is 31.2 Å². The van der Waals surface area contributed by atoms with E-state index < -0.39 is 10.0 Å². The van der Waals surface area contributed by atoms with Crippen molar-refractivity contribution in [3.8, 4) is 0 Å². The van der Waals surface area contributed by atoms with Crippen molar-refractivity contribution in [2.24, 2.45) is 0 Å². The molecular formula is C21H25N3O3S. The average Bonchev–Trinajstić information content (AvgIpc) is 3.39. The van der Waals surface area contributed by atoms with E-state index in [0.29, 0.717) is 13.0 Å². The van der Waals surface area contributed by atoms with Gasteiger partial charge in [0.25, 0.3) is 0 Å². The Morgan fingerprint density at radius 3 is 2.29 bits per heavy atom. The van der Waals surface area contributed by atoms with Crippen LogP contribution in [0, 0.1) is 0 Å². The van der Waals surface area contributed by atoms with Gasteiger partial charge in [-0.3, -0.25) is 4.79 Å². The second-order valence-corrected chi connectivity index (χ2v) is 9.06. The molecule has 2 aromatic rings. The standard InChI is InChI=1S/C21H25N3O3S/c25-21-8-5-15-24(21)18-9-11-19(12-10-18)28(26,27)22-16-17-6-1-2-7-20(17)23-13-3-4-14-23/h1-2,6-7,9-12,22H,3-5,8,13-16H2. The number of hydrogen-bond donors (Lipinski definition) is 1. The lowest BCUT2D eigenvalue weighted by Gasteiger charge is -2.21. The summed E-state index contributed by atoms with van der Waals surface area (Å²) in [6.45, 7) is 2.97. The quantitative estimate of drug-likeness (QED) is 0.811. The normalized spacial score (nSPS) is 17.5. The van der Waals surface area contributed by atoms with Crippen molar-refractivity contribution in [1.29, 1.82) is 0 Å².